The first kappa shape index (κ1) is 24.1. The molecule has 7 heteroatoms. The quantitative estimate of drug-likeness (QED) is 0.291. The van der Waals surface area contributed by atoms with Gasteiger partial charge >= 0.3 is 0 Å². The Bertz CT molecular complexity index is 1460. The summed E-state index contributed by atoms with van der Waals surface area (Å²) in [6.45, 7) is 8.91. The number of aromatic nitrogens is 2. The molecular weight excluding hydrogens is 468 g/mol. The van der Waals surface area contributed by atoms with Gasteiger partial charge in [0.1, 0.15) is 0 Å². The van der Waals surface area contributed by atoms with E-state index in [-0.39, 0.29) is 16.7 Å². The lowest BCUT2D eigenvalue weighted by molar-refractivity contribution is -0.130. The van der Waals surface area contributed by atoms with E-state index in [4.69, 9.17) is 4.98 Å². The van der Waals surface area contributed by atoms with Crippen LogP contribution in [0.15, 0.2) is 82.7 Å². The maximum absolute atomic E-state index is 13.6. The highest BCUT2D eigenvalue weighted by atomic mass is 32.2. The van der Waals surface area contributed by atoms with Crippen LogP contribution in [0.5, 0.6) is 0 Å². The highest BCUT2D eigenvalue weighted by Crippen LogP contribution is 2.28. The molecule has 1 saturated heterocycles. The Morgan fingerprint density at radius 2 is 1.58 bits per heavy atom. The maximum atomic E-state index is 13.6. The molecule has 1 aromatic heterocycles. The summed E-state index contributed by atoms with van der Waals surface area (Å²) >= 11 is 1.35. The van der Waals surface area contributed by atoms with Crippen molar-refractivity contribution in [2.75, 3.05) is 31.1 Å². The number of para-hydroxylation sites is 2. The Morgan fingerprint density at radius 1 is 0.889 bits per heavy atom. The largest absolute Gasteiger partial charge is 0.368 e. The molecule has 36 heavy (non-hydrogen) atoms. The highest BCUT2D eigenvalue weighted by molar-refractivity contribution is 8.00. The van der Waals surface area contributed by atoms with Gasteiger partial charge < -0.3 is 9.80 Å². The molecule has 3 aromatic carbocycles. The number of rotatable bonds is 5. The number of carbonyl (C=O) groups is 1. The minimum Gasteiger partial charge on any atom is -0.368 e. The van der Waals surface area contributed by atoms with Crippen LogP contribution in [0.1, 0.15) is 18.1 Å². The minimum absolute atomic E-state index is 0.0719. The fourth-order valence-electron chi connectivity index (χ4n) is 4.67. The van der Waals surface area contributed by atoms with Crippen molar-refractivity contribution in [2.24, 2.45) is 0 Å². The van der Waals surface area contributed by atoms with E-state index in [1.165, 1.54) is 17.4 Å². The molecule has 1 unspecified atom stereocenters. The maximum Gasteiger partial charge on any atom is 0.266 e. The topological polar surface area (TPSA) is 58.4 Å². The van der Waals surface area contributed by atoms with E-state index in [2.05, 4.69) is 17.0 Å². The third kappa shape index (κ3) is 4.63. The van der Waals surface area contributed by atoms with Crippen molar-refractivity contribution < 1.29 is 4.79 Å². The summed E-state index contributed by atoms with van der Waals surface area (Å²) in [5.74, 6) is 0.0719. The van der Waals surface area contributed by atoms with Gasteiger partial charge in [-0.2, -0.15) is 0 Å². The van der Waals surface area contributed by atoms with Crippen LogP contribution < -0.4 is 10.5 Å². The molecule has 0 bridgehead atoms. The van der Waals surface area contributed by atoms with E-state index < -0.39 is 0 Å². The second-order valence-electron chi connectivity index (χ2n) is 9.18. The molecule has 1 fully saturated rings. The molecule has 1 amide bonds. The number of benzene rings is 3. The average Bonchev–Trinajstić information content (AvgIpc) is 2.91. The van der Waals surface area contributed by atoms with Crippen LogP contribution in [0.3, 0.4) is 0 Å². The van der Waals surface area contributed by atoms with Gasteiger partial charge in [0.2, 0.25) is 5.91 Å². The lowest BCUT2D eigenvalue weighted by Crippen LogP contribution is -2.50. The highest BCUT2D eigenvalue weighted by Gasteiger charge is 2.27. The van der Waals surface area contributed by atoms with E-state index >= 15 is 0 Å². The number of hydrogen-bond acceptors (Lipinski definition) is 5. The second-order valence-corrected chi connectivity index (χ2v) is 10.5. The van der Waals surface area contributed by atoms with Crippen LogP contribution in [0, 0.1) is 13.8 Å². The number of piperazine rings is 1. The SMILES string of the molecule is Cc1cccc(-n2c(SC(C)C(=O)N3CCN(c4ccccc4)CC3)nc3ccccc3c2=O)c1C. The van der Waals surface area contributed by atoms with E-state index in [1.54, 1.807) is 4.57 Å². The molecule has 1 atom stereocenters. The predicted octanol–water partition coefficient (Wildman–Crippen LogP) is 4.83. The van der Waals surface area contributed by atoms with Gasteiger partial charge in [-0.1, -0.05) is 54.2 Å². The molecule has 5 rings (SSSR count). The Morgan fingerprint density at radius 3 is 2.33 bits per heavy atom. The molecule has 1 aliphatic heterocycles. The fraction of sp³-hybridized carbons (Fsp3) is 0.276. The first-order chi connectivity index (χ1) is 17.4. The van der Waals surface area contributed by atoms with Gasteiger partial charge in [0, 0.05) is 31.9 Å². The van der Waals surface area contributed by atoms with Crippen LogP contribution >= 0.6 is 11.8 Å². The van der Waals surface area contributed by atoms with Gasteiger partial charge in [0.25, 0.3) is 5.56 Å². The summed E-state index contributed by atoms with van der Waals surface area (Å²) in [5, 5.41) is 0.729. The lowest BCUT2D eigenvalue weighted by Gasteiger charge is -2.37. The zero-order valence-electron chi connectivity index (χ0n) is 20.8. The lowest BCUT2D eigenvalue weighted by atomic mass is 10.1. The molecule has 6 nitrogen and oxygen atoms in total. The minimum atomic E-state index is -0.377. The van der Waals surface area contributed by atoms with Crippen LogP contribution in [0.4, 0.5) is 5.69 Å². The molecule has 184 valence electrons. The van der Waals surface area contributed by atoms with E-state index in [1.807, 2.05) is 86.3 Å². The van der Waals surface area contributed by atoms with Gasteiger partial charge in [-0.05, 0) is 62.2 Å². The average molecular weight is 499 g/mol. The van der Waals surface area contributed by atoms with Crippen LogP contribution in [0.25, 0.3) is 16.6 Å². The van der Waals surface area contributed by atoms with Crippen molar-refractivity contribution in [3.05, 3.63) is 94.3 Å². The summed E-state index contributed by atoms with van der Waals surface area (Å²) in [6.07, 6.45) is 0. The number of amides is 1. The number of hydrogen-bond donors (Lipinski definition) is 0. The number of carbonyl (C=O) groups excluding carboxylic acids is 1. The van der Waals surface area contributed by atoms with Gasteiger partial charge in [0.15, 0.2) is 5.16 Å². The number of aryl methyl sites for hydroxylation is 1. The summed E-state index contributed by atoms with van der Waals surface area (Å²) < 4.78 is 1.67. The van der Waals surface area contributed by atoms with Gasteiger partial charge in [-0.25, -0.2) is 4.98 Å². The Labute approximate surface area is 215 Å². The molecule has 2 heterocycles. The first-order valence-corrected chi connectivity index (χ1v) is 13.2. The summed E-state index contributed by atoms with van der Waals surface area (Å²) in [4.78, 5) is 36.2. The smallest absolute Gasteiger partial charge is 0.266 e. The van der Waals surface area contributed by atoms with Crippen LogP contribution in [-0.2, 0) is 4.79 Å². The number of anilines is 1. The van der Waals surface area contributed by atoms with Crippen molar-refractivity contribution in [1.29, 1.82) is 0 Å². The molecule has 0 radical (unpaired) electrons. The normalized spacial score (nSPS) is 14.8. The molecular formula is C29H30N4O2S. The van der Waals surface area contributed by atoms with E-state index in [9.17, 15) is 9.59 Å². The zero-order valence-corrected chi connectivity index (χ0v) is 21.7. The molecule has 0 N–H and O–H groups in total. The number of nitrogens with zero attached hydrogens (tertiary/aromatic N) is 4. The van der Waals surface area contributed by atoms with Gasteiger partial charge in [-0.15, -0.1) is 0 Å². The number of thioether (sulfide) groups is 1. The van der Waals surface area contributed by atoms with Crippen LogP contribution in [0.2, 0.25) is 0 Å². The molecule has 0 spiro atoms. The molecule has 1 aliphatic rings. The zero-order chi connectivity index (χ0) is 25.2. The summed E-state index contributed by atoms with van der Waals surface area (Å²) in [6, 6.07) is 23.6. The standard InChI is InChI=1S/C29H30N4O2S/c1-20-10-9-15-26(21(20)2)33-28(35)24-13-7-8-14-25(24)30-29(33)36-22(3)27(34)32-18-16-31(17-19-32)23-11-5-4-6-12-23/h4-15,22H,16-19H2,1-3H3. The van der Waals surface area contributed by atoms with Gasteiger partial charge in [-0.3, -0.25) is 14.2 Å². The monoisotopic (exact) mass is 498 g/mol. The van der Waals surface area contributed by atoms with Crippen molar-refractivity contribution in [3.8, 4) is 5.69 Å². The van der Waals surface area contributed by atoms with Crippen molar-refractivity contribution in [2.45, 2.75) is 31.2 Å². The van der Waals surface area contributed by atoms with Crippen molar-refractivity contribution >= 4 is 34.3 Å². The second kappa shape index (κ2) is 10.2. The summed E-state index contributed by atoms with van der Waals surface area (Å²) in [5.41, 5.74) is 4.64. The van der Waals surface area contributed by atoms with Crippen molar-refractivity contribution in [1.82, 2.24) is 14.5 Å². The first-order valence-electron chi connectivity index (χ1n) is 12.3. The summed E-state index contributed by atoms with van der Waals surface area (Å²) in [7, 11) is 0. The third-order valence-corrected chi connectivity index (χ3v) is 7.94. The van der Waals surface area contributed by atoms with E-state index in [0.717, 1.165) is 29.9 Å². The fourth-order valence-corrected chi connectivity index (χ4v) is 5.68. The Balaban J connectivity index is 1.42. The molecule has 0 saturated carbocycles. The van der Waals surface area contributed by atoms with E-state index in [0.29, 0.717) is 29.1 Å². The molecule has 0 aliphatic carbocycles. The number of fused-ring (bicyclic) bond motifs is 1. The van der Waals surface area contributed by atoms with Gasteiger partial charge in [0.05, 0.1) is 21.8 Å². The molecule has 4 aromatic rings. The Kier molecular flexibility index (Phi) is 6.83. The third-order valence-electron chi connectivity index (χ3n) is 6.90. The van der Waals surface area contributed by atoms with Crippen LogP contribution in [-0.4, -0.2) is 51.8 Å². The van der Waals surface area contributed by atoms with Crippen molar-refractivity contribution in [3.63, 3.8) is 0 Å². The predicted molar refractivity (Wildman–Crippen MR) is 147 cm³/mol. The Hall–Kier alpha value is -3.58.